The molecule has 2 aromatic heterocycles. The molecule has 4 rings (SSSR count). The molecule has 180 valence electrons. The van der Waals surface area contributed by atoms with Crippen LogP contribution in [-0.4, -0.2) is 21.4 Å². The number of hydrogen-bond donors (Lipinski definition) is 2. The highest BCUT2D eigenvalue weighted by molar-refractivity contribution is 9.10. The van der Waals surface area contributed by atoms with Crippen LogP contribution in [0.15, 0.2) is 58.1 Å². The van der Waals surface area contributed by atoms with Gasteiger partial charge in [-0.05, 0) is 66.8 Å². The first-order valence-corrected chi connectivity index (χ1v) is 12.7. The quantitative estimate of drug-likeness (QED) is 0.313. The Hall–Kier alpha value is -3.30. The molecule has 7 nitrogen and oxygen atoms in total. The molecule has 2 heterocycles. The summed E-state index contributed by atoms with van der Waals surface area (Å²) in [6, 6.07) is 13.2. The van der Waals surface area contributed by atoms with E-state index in [-0.39, 0.29) is 23.9 Å². The minimum absolute atomic E-state index is 0.178. The van der Waals surface area contributed by atoms with Crippen molar-refractivity contribution in [1.29, 1.82) is 0 Å². The summed E-state index contributed by atoms with van der Waals surface area (Å²) >= 11 is 4.58. The summed E-state index contributed by atoms with van der Waals surface area (Å²) in [6.45, 7) is 7.66. The van der Waals surface area contributed by atoms with E-state index in [1.807, 2.05) is 49.4 Å². The number of rotatable bonds is 6. The lowest BCUT2D eigenvalue weighted by Crippen LogP contribution is -2.28. The van der Waals surface area contributed by atoms with Gasteiger partial charge in [-0.1, -0.05) is 41.9 Å². The van der Waals surface area contributed by atoms with Crippen LogP contribution < -0.4 is 16.2 Å². The highest BCUT2D eigenvalue weighted by Gasteiger charge is 2.20. The van der Waals surface area contributed by atoms with Crippen LogP contribution in [0.2, 0.25) is 0 Å². The zero-order valence-electron chi connectivity index (χ0n) is 19.8. The van der Waals surface area contributed by atoms with E-state index < -0.39 is 0 Å². The number of carbonyl (C=O) groups excluding carboxylic acids is 2. The summed E-state index contributed by atoms with van der Waals surface area (Å²) in [5, 5.41) is 6.08. The van der Waals surface area contributed by atoms with E-state index in [9.17, 15) is 14.4 Å². The van der Waals surface area contributed by atoms with E-state index in [0.29, 0.717) is 37.9 Å². The van der Waals surface area contributed by atoms with Crippen molar-refractivity contribution >= 4 is 60.7 Å². The van der Waals surface area contributed by atoms with Crippen molar-refractivity contribution in [1.82, 2.24) is 9.55 Å². The van der Waals surface area contributed by atoms with Gasteiger partial charge in [0.25, 0.3) is 11.5 Å². The second-order valence-electron chi connectivity index (χ2n) is 8.65. The summed E-state index contributed by atoms with van der Waals surface area (Å²) in [5.41, 5.74) is 3.64. The molecular formula is C26H25BrN4O3S. The summed E-state index contributed by atoms with van der Waals surface area (Å²) in [7, 11) is 0. The number of nitrogens with one attached hydrogen (secondary N) is 2. The molecular weight excluding hydrogens is 528 g/mol. The van der Waals surface area contributed by atoms with Crippen LogP contribution in [0.1, 0.15) is 46.1 Å². The molecule has 0 aliphatic heterocycles. The molecule has 0 bridgehead atoms. The standard InChI is InChI=1S/C26H25BrN4O3S/c1-14(2)17-5-8-19(9-6-17)29-21(32)12-31-13-28-25-22(26(31)34)16(4)23(35-25)24(33)30-20-10-7-18(27)11-15(20)3/h5-11,13-14H,12H2,1-4H3,(H,29,32)(H,30,33). The van der Waals surface area contributed by atoms with Gasteiger partial charge in [0.2, 0.25) is 5.91 Å². The molecule has 35 heavy (non-hydrogen) atoms. The van der Waals surface area contributed by atoms with Gasteiger partial charge in [0.15, 0.2) is 0 Å². The molecule has 0 aliphatic rings. The number of benzene rings is 2. The minimum atomic E-state index is -0.354. The van der Waals surface area contributed by atoms with Crippen molar-refractivity contribution in [2.24, 2.45) is 0 Å². The van der Waals surface area contributed by atoms with Crippen molar-refractivity contribution in [2.75, 3.05) is 10.6 Å². The SMILES string of the molecule is Cc1cc(Br)ccc1NC(=O)c1sc2ncn(CC(=O)Nc3ccc(C(C)C)cc3)c(=O)c2c1C. The molecule has 2 N–H and O–H groups in total. The van der Waals surface area contributed by atoms with E-state index in [2.05, 4.69) is 45.4 Å². The number of thiophene rings is 1. The van der Waals surface area contributed by atoms with Crippen LogP contribution >= 0.6 is 27.3 Å². The van der Waals surface area contributed by atoms with E-state index in [1.54, 1.807) is 6.92 Å². The fraction of sp³-hybridized carbons (Fsp3) is 0.231. The average molecular weight is 553 g/mol. The van der Waals surface area contributed by atoms with Crippen molar-refractivity contribution < 1.29 is 9.59 Å². The van der Waals surface area contributed by atoms with Crippen LogP contribution in [-0.2, 0) is 11.3 Å². The molecule has 2 aromatic carbocycles. The lowest BCUT2D eigenvalue weighted by atomic mass is 10.0. The predicted molar refractivity (Wildman–Crippen MR) is 145 cm³/mol. The zero-order chi connectivity index (χ0) is 25.3. The first-order valence-electron chi connectivity index (χ1n) is 11.1. The lowest BCUT2D eigenvalue weighted by Gasteiger charge is -2.09. The minimum Gasteiger partial charge on any atom is -0.325 e. The van der Waals surface area contributed by atoms with Gasteiger partial charge in [-0.15, -0.1) is 11.3 Å². The van der Waals surface area contributed by atoms with E-state index in [0.717, 1.165) is 21.4 Å². The summed E-state index contributed by atoms with van der Waals surface area (Å²) in [5.74, 6) is -0.234. The Morgan fingerprint density at radius 2 is 1.80 bits per heavy atom. The van der Waals surface area contributed by atoms with Gasteiger partial charge < -0.3 is 10.6 Å². The number of aromatic nitrogens is 2. The van der Waals surface area contributed by atoms with E-state index in [1.165, 1.54) is 16.5 Å². The van der Waals surface area contributed by atoms with Crippen molar-refractivity contribution in [2.45, 2.75) is 40.2 Å². The number of carbonyl (C=O) groups is 2. The third-order valence-corrected chi connectivity index (χ3v) is 7.43. The van der Waals surface area contributed by atoms with Gasteiger partial charge in [0.1, 0.15) is 11.4 Å². The number of halogens is 1. The Kier molecular flexibility index (Phi) is 7.18. The molecule has 0 spiro atoms. The molecule has 4 aromatic rings. The number of fused-ring (bicyclic) bond motifs is 1. The van der Waals surface area contributed by atoms with E-state index in [4.69, 9.17) is 0 Å². The van der Waals surface area contributed by atoms with Crippen molar-refractivity contribution in [3.05, 3.63) is 85.2 Å². The summed E-state index contributed by atoms with van der Waals surface area (Å²) < 4.78 is 2.19. The second-order valence-corrected chi connectivity index (χ2v) is 10.6. The second kappa shape index (κ2) is 10.1. The fourth-order valence-electron chi connectivity index (χ4n) is 3.74. The summed E-state index contributed by atoms with van der Waals surface area (Å²) in [6.07, 6.45) is 1.35. The number of hydrogen-bond acceptors (Lipinski definition) is 5. The molecule has 0 fully saturated rings. The Bertz CT molecular complexity index is 1490. The van der Waals surface area contributed by atoms with Gasteiger partial charge in [-0.3, -0.25) is 19.0 Å². The lowest BCUT2D eigenvalue weighted by molar-refractivity contribution is -0.116. The fourth-order valence-corrected chi connectivity index (χ4v) is 5.25. The van der Waals surface area contributed by atoms with Gasteiger partial charge >= 0.3 is 0 Å². The van der Waals surface area contributed by atoms with Gasteiger partial charge in [0.05, 0.1) is 16.6 Å². The Balaban J connectivity index is 1.54. The first-order chi connectivity index (χ1) is 16.6. The maximum Gasteiger partial charge on any atom is 0.266 e. The van der Waals surface area contributed by atoms with Crippen molar-refractivity contribution in [3.63, 3.8) is 0 Å². The van der Waals surface area contributed by atoms with Crippen LogP contribution in [0.4, 0.5) is 11.4 Å². The van der Waals surface area contributed by atoms with Gasteiger partial charge in [0, 0.05) is 15.8 Å². The Morgan fingerprint density at radius 3 is 2.46 bits per heavy atom. The maximum absolute atomic E-state index is 13.2. The maximum atomic E-state index is 13.2. The molecule has 0 unspecified atom stereocenters. The van der Waals surface area contributed by atoms with Crippen LogP contribution in [0, 0.1) is 13.8 Å². The first kappa shape index (κ1) is 24.8. The van der Waals surface area contributed by atoms with Crippen molar-refractivity contribution in [3.8, 4) is 0 Å². The third kappa shape index (κ3) is 5.36. The number of nitrogens with zero attached hydrogens (tertiary/aromatic N) is 2. The number of anilines is 2. The normalized spacial score (nSPS) is 11.1. The highest BCUT2D eigenvalue weighted by atomic mass is 79.9. The molecule has 0 saturated carbocycles. The molecule has 2 amide bonds. The highest BCUT2D eigenvalue weighted by Crippen LogP contribution is 2.28. The molecule has 9 heteroatoms. The Morgan fingerprint density at radius 1 is 1.09 bits per heavy atom. The van der Waals surface area contributed by atoms with Crippen LogP contribution in [0.25, 0.3) is 10.2 Å². The molecule has 0 atom stereocenters. The van der Waals surface area contributed by atoms with Crippen LogP contribution in [0.3, 0.4) is 0 Å². The zero-order valence-corrected chi connectivity index (χ0v) is 22.2. The third-order valence-electron chi connectivity index (χ3n) is 5.74. The molecule has 0 radical (unpaired) electrons. The largest absolute Gasteiger partial charge is 0.325 e. The number of amides is 2. The molecule has 0 saturated heterocycles. The topological polar surface area (TPSA) is 93.1 Å². The van der Waals surface area contributed by atoms with Crippen LogP contribution in [0.5, 0.6) is 0 Å². The smallest absolute Gasteiger partial charge is 0.266 e. The van der Waals surface area contributed by atoms with E-state index >= 15 is 0 Å². The Labute approximate surface area is 215 Å². The average Bonchev–Trinajstić information content (AvgIpc) is 3.15. The monoisotopic (exact) mass is 552 g/mol. The number of aryl methyl sites for hydroxylation is 2. The van der Waals surface area contributed by atoms with Gasteiger partial charge in [-0.2, -0.15) is 0 Å². The predicted octanol–water partition coefficient (Wildman–Crippen LogP) is 5.85. The summed E-state index contributed by atoms with van der Waals surface area (Å²) in [4.78, 5) is 43.9. The molecule has 0 aliphatic carbocycles. The van der Waals surface area contributed by atoms with Gasteiger partial charge in [-0.25, -0.2) is 4.98 Å².